The molecule has 1 unspecified atom stereocenters. The van der Waals surface area contributed by atoms with Crippen LogP contribution in [0.2, 0.25) is 0 Å². The van der Waals surface area contributed by atoms with E-state index in [1.54, 1.807) is 49.6 Å². The Morgan fingerprint density at radius 3 is 2.23 bits per heavy atom. The number of allylic oxidation sites excluding steroid dienone is 1. The van der Waals surface area contributed by atoms with Crippen LogP contribution in [-0.4, -0.2) is 38.2 Å². The van der Waals surface area contributed by atoms with Crippen LogP contribution in [0.15, 0.2) is 54.3 Å². The molecule has 2 heterocycles. The molecule has 8 heteroatoms. The van der Waals surface area contributed by atoms with E-state index in [9.17, 15) is 14.7 Å². The van der Waals surface area contributed by atoms with Gasteiger partial charge in [0, 0.05) is 11.5 Å². The van der Waals surface area contributed by atoms with Gasteiger partial charge < -0.3 is 28.8 Å². The molecule has 0 saturated carbocycles. The minimum atomic E-state index is -0.516. The van der Waals surface area contributed by atoms with E-state index >= 15 is 0 Å². The largest absolute Gasteiger partial charge is 0.502 e. The third-order valence-electron chi connectivity index (χ3n) is 6.10. The highest BCUT2D eigenvalue weighted by Crippen LogP contribution is 2.51. The molecule has 2 aliphatic heterocycles. The van der Waals surface area contributed by atoms with Crippen molar-refractivity contribution in [2.45, 2.75) is 12.3 Å². The van der Waals surface area contributed by atoms with E-state index in [0.717, 1.165) is 5.56 Å². The molecule has 1 atom stereocenters. The van der Waals surface area contributed by atoms with Gasteiger partial charge in [-0.3, -0.25) is 9.59 Å². The molecule has 0 spiro atoms. The second-order valence-corrected chi connectivity index (χ2v) is 8.07. The zero-order valence-corrected chi connectivity index (χ0v) is 19.3. The summed E-state index contributed by atoms with van der Waals surface area (Å²) in [5, 5.41) is 10.3. The van der Waals surface area contributed by atoms with Gasteiger partial charge in [0.2, 0.25) is 11.5 Å². The lowest BCUT2D eigenvalue weighted by Crippen LogP contribution is -2.21. The highest BCUT2D eigenvalue weighted by Gasteiger charge is 2.39. The lowest BCUT2D eigenvalue weighted by molar-refractivity contribution is -0.135. The number of hydrogen-bond acceptors (Lipinski definition) is 8. The van der Waals surface area contributed by atoms with E-state index in [1.165, 1.54) is 14.2 Å². The van der Waals surface area contributed by atoms with Crippen molar-refractivity contribution in [2.75, 3.05) is 21.3 Å². The van der Waals surface area contributed by atoms with Gasteiger partial charge >= 0.3 is 5.97 Å². The number of benzene rings is 3. The Morgan fingerprint density at radius 1 is 0.914 bits per heavy atom. The summed E-state index contributed by atoms with van der Waals surface area (Å²) >= 11 is 0. The van der Waals surface area contributed by atoms with E-state index < -0.39 is 11.9 Å². The maximum absolute atomic E-state index is 13.2. The minimum Gasteiger partial charge on any atom is -0.502 e. The molecule has 0 saturated heterocycles. The molecule has 0 aliphatic carbocycles. The molecule has 0 bridgehead atoms. The zero-order chi connectivity index (χ0) is 24.7. The molecule has 3 aromatic rings. The summed E-state index contributed by atoms with van der Waals surface area (Å²) in [6, 6.07) is 13.7. The number of phenols is 1. The van der Waals surface area contributed by atoms with Crippen molar-refractivity contribution in [3.63, 3.8) is 0 Å². The number of methoxy groups -OCH3 is 3. The number of ether oxygens (including phenoxy) is 5. The molecule has 0 fully saturated rings. The van der Waals surface area contributed by atoms with Crippen molar-refractivity contribution in [1.29, 1.82) is 0 Å². The number of carbonyl (C=O) groups excluding carboxylic acids is 2. The Balaban J connectivity index is 1.61. The lowest BCUT2D eigenvalue weighted by Gasteiger charge is -2.27. The standard InChI is InChI=1S/C27H22O8/c1-31-16-6-4-14(5-7-16)10-22-25(29)17-8-9-19-24(27(17)35-22)18(13-23(28)34-19)15-11-20(32-2)26(30)21(12-15)33-3/h4-12,18,30H,13H2,1-3H3/b22-10-. The quantitative estimate of drug-likeness (QED) is 0.328. The molecule has 178 valence electrons. The molecular weight excluding hydrogens is 452 g/mol. The number of aromatic hydroxyl groups is 1. The van der Waals surface area contributed by atoms with Crippen molar-refractivity contribution < 1.29 is 38.4 Å². The third-order valence-corrected chi connectivity index (χ3v) is 6.10. The number of carbonyl (C=O) groups is 2. The van der Waals surface area contributed by atoms with E-state index in [2.05, 4.69) is 0 Å². The van der Waals surface area contributed by atoms with Crippen LogP contribution in [0.1, 0.15) is 39.4 Å². The highest BCUT2D eigenvalue weighted by atomic mass is 16.5. The van der Waals surface area contributed by atoms with E-state index in [0.29, 0.717) is 33.9 Å². The Morgan fingerprint density at radius 2 is 1.60 bits per heavy atom. The smallest absolute Gasteiger partial charge is 0.312 e. The molecule has 0 aromatic heterocycles. The van der Waals surface area contributed by atoms with Gasteiger partial charge in [0.15, 0.2) is 17.3 Å². The Bertz CT molecular complexity index is 1350. The van der Waals surface area contributed by atoms with Gasteiger partial charge in [-0.1, -0.05) is 12.1 Å². The second kappa shape index (κ2) is 8.72. The molecule has 5 rings (SSSR count). The number of esters is 1. The van der Waals surface area contributed by atoms with Gasteiger partial charge in [-0.15, -0.1) is 0 Å². The van der Waals surface area contributed by atoms with Crippen LogP contribution in [0.25, 0.3) is 6.08 Å². The highest BCUT2D eigenvalue weighted by molar-refractivity contribution is 6.15. The van der Waals surface area contributed by atoms with Crippen LogP contribution in [-0.2, 0) is 4.79 Å². The first-order valence-electron chi connectivity index (χ1n) is 10.8. The van der Waals surface area contributed by atoms with Gasteiger partial charge in [-0.25, -0.2) is 0 Å². The normalized spacial score (nSPS) is 17.3. The van der Waals surface area contributed by atoms with Crippen molar-refractivity contribution in [1.82, 2.24) is 0 Å². The first-order valence-corrected chi connectivity index (χ1v) is 10.8. The average Bonchev–Trinajstić information content (AvgIpc) is 3.19. The Kier molecular flexibility index (Phi) is 5.56. The van der Waals surface area contributed by atoms with Gasteiger partial charge in [0.1, 0.15) is 17.2 Å². The van der Waals surface area contributed by atoms with Crippen molar-refractivity contribution in [2.24, 2.45) is 0 Å². The van der Waals surface area contributed by atoms with E-state index in [1.807, 2.05) is 12.1 Å². The topological polar surface area (TPSA) is 101 Å². The third kappa shape index (κ3) is 3.82. The predicted molar refractivity (Wildman–Crippen MR) is 126 cm³/mol. The number of rotatable bonds is 5. The monoisotopic (exact) mass is 474 g/mol. The zero-order valence-electron chi connectivity index (χ0n) is 19.3. The summed E-state index contributed by atoms with van der Waals surface area (Å²) in [6.07, 6.45) is 1.67. The van der Waals surface area contributed by atoms with Crippen molar-refractivity contribution in [3.8, 4) is 34.5 Å². The maximum Gasteiger partial charge on any atom is 0.312 e. The molecular formula is C27H22O8. The predicted octanol–water partition coefficient (Wildman–Crippen LogP) is 4.48. The molecule has 0 amide bonds. The van der Waals surface area contributed by atoms with E-state index in [4.69, 9.17) is 23.7 Å². The maximum atomic E-state index is 13.2. The van der Waals surface area contributed by atoms with Crippen LogP contribution in [0.5, 0.6) is 34.5 Å². The van der Waals surface area contributed by atoms with Crippen LogP contribution in [0.4, 0.5) is 0 Å². The molecule has 1 N–H and O–H groups in total. The summed E-state index contributed by atoms with van der Waals surface area (Å²) in [7, 11) is 4.44. The van der Waals surface area contributed by atoms with Gasteiger partial charge in [-0.05, 0) is 53.6 Å². The first kappa shape index (κ1) is 22.3. The van der Waals surface area contributed by atoms with Crippen LogP contribution < -0.4 is 23.7 Å². The molecule has 2 aliphatic rings. The van der Waals surface area contributed by atoms with Crippen LogP contribution in [0.3, 0.4) is 0 Å². The van der Waals surface area contributed by atoms with Crippen LogP contribution >= 0.6 is 0 Å². The number of hydrogen-bond donors (Lipinski definition) is 1. The molecule has 8 nitrogen and oxygen atoms in total. The summed E-state index contributed by atoms with van der Waals surface area (Å²) in [5.41, 5.74) is 2.37. The fourth-order valence-electron chi connectivity index (χ4n) is 4.36. The number of phenolic OH excluding ortho intramolecular Hbond substituents is 1. The Labute approximate surface area is 201 Å². The fourth-order valence-corrected chi connectivity index (χ4v) is 4.36. The summed E-state index contributed by atoms with van der Waals surface area (Å²) in [6.45, 7) is 0. The van der Waals surface area contributed by atoms with E-state index in [-0.39, 0.29) is 35.2 Å². The molecule has 0 radical (unpaired) electrons. The van der Waals surface area contributed by atoms with Crippen LogP contribution in [0, 0.1) is 0 Å². The average molecular weight is 474 g/mol. The summed E-state index contributed by atoms with van der Waals surface area (Å²) in [4.78, 5) is 25.6. The number of ketones is 1. The summed E-state index contributed by atoms with van der Waals surface area (Å²) < 4.78 is 27.3. The molecule has 3 aromatic carbocycles. The summed E-state index contributed by atoms with van der Waals surface area (Å²) in [5.74, 6) is 0.563. The second-order valence-electron chi connectivity index (χ2n) is 8.07. The van der Waals surface area contributed by atoms with Gasteiger partial charge in [-0.2, -0.15) is 0 Å². The first-order chi connectivity index (χ1) is 16.9. The van der Waals surface area contributed by atoms with Crippen molar-refractivity contribution in [3.05, 3.63) is 76.5 Å². The van der Waals surface area contributed by atoms with Crippen molar-refractivity contribution >= 4 is 17.8 Å². The molecule has 35 heavy (non-hydrogen) atoms. The number of fused-ring (bicyclic) bond motifs is 3. The SMILES string of the molecule is COc1ccc(/C=C2\Oc3c(ccc4c3C(c3cc(OC)c(O)c(OC)c3)CC(=O)O4)C2=O)cc1. The minimum absolute atomic E-state index is 0.00954. The van der Waals surface area contributed by atoms with Gasteiger partial charge in [0.25, 0.3) is 0 Å². The fraction of sp³-hybridized carbons (Fsp3) is 0.185. The Hall–Kier alpha value is -4.46. The van der Waals surface area contributed by atoms with Gasteiger partial charge in [0.05, 0.1) is 33.3 Å². The lowest BCUT2D eigenvalue weighted by atomic mass is 9.84. The number of Topliss-reactive ketones (excluding diaryl/α,β-unsaturated/α-hetero) is 1.